The Bertz CT molecular complexity index is 906. The van der Waals surface area contributed by atoms with Gasteiger partial charge in [-0.2, -0.15) is 4.31 Å². The van der Waals surface area contributed by atoms with Crippen LogP contribution in [-0.4, -0.2) is 52.4 Å². The van der Waals surface area contributed by atoms with E-state index in [0.29, 0.717) is 48.9 Å². The van der Waals surface area contributed by atoms with Crippen molar-refractivity contribution in [3.8, 4) is 11.5 Å². The summed E-state index contributed by atoms with van der Waals surface area (Å²) in [5.74, 6) is 0.918. The van der Waals surface area contributed by atoms with E-state index in [2.05, 4.69) is 0 Å². The van der Waals surface area contributed by atoms with Crippen molar-refractivity contribution < 1.29 is 27.4 Å². The third-order valence-electron chi connectivity index (χ3n) is 4.22. The Morgan fingerprint density at radius 1 is 1.11 bits per heavy atom. The molecular formula is C19H21NO6S. The van der Waals surface area contributed by atoms with Gasteiger partial charge in [0.2, 0.25) is 10.0 Å². The van der Waals surface area contributed by atoms with Crippen LogP contribution in [0.25, 0.3) is 0 Å². The second-order valence-electron chi connectivity index (χ2n) is 5.98. The molecule has 27 heavy (non-hydrogen) atoms. The SMILES string of the molecule is COc1ccc(C=O)cc1OCc1cccc(S(=O)(=O)N2CCOCC2)c1. The van der Waals surface area contributed by atoms with Crippen molar-refractivity contribution in [2.75, 3.05) is 33.4 Å². The predicted octanol–water partition coefficient (Wildman–Crippen LogP) is 2.11. The monoisotopic (exact) mass is 391 g/mol. The minimum Gasteiger partial charge on any atom is -0.493 e. The zero-order valence-electron chi connectivity index (χ0n) is 15.0. The number of sulfonamides is 1. The predicted molar refractivity (Wildman–Crippen MR) is 98.7 cm³/mol. The topological polar surface area (TPSA) is 82.1 Å². The van der Waals surface area contributed by atoms with Crippen molar-refractivity contribution >= 4 is 16.3 Å². The number of methoxy groups -OCH3 is 1. The molecule has 7 nitrogen and oxygen atoms in total. The largest absolute Gasteiger partial charge is 0.493 e. The summed E-state index contributed by atoms with van der Waals surface area (Å²) in [6.45, 7) is 1.63. The summed E-state index contributed by atoms with van der Waals surface area (Å²) in [5, 5.41) is 0. The van der Waals surface area contributed by atoms with E-state index in [1.807, 2.05) is 0 Å². The van der Waals surface area contributed by atoms with Crippen LogP contribution in [0.15, 0.2) is 47.4 Å². The maximum atomic E-state index is 12.8. The average molecular weight is 391 g/mol. The quantitative estimate of drug-likeness (QED) is 0.673. The fourth-order valence-corrected chi connectivity index (χ4v) is 4.25. The molecule has 1 fully saturated rings. The molecule has 1 aliphatic rings. The summed E-state index contributed by atoms with van der Waals surface area (Å²) in [7, 11) is -2.05. The fourth-order valence-electron chi connectivity index (χ4n) is 2.77. The van der Waals surface area contributed by atoms with Crippen molar-refractivity contribution in [2.45, 2.75) is 11.5 Å². The molecule has 2 aromatic rings. The third kappa shape index (κ3) is 4.47. The smallest absolute Gasteiger partial charge is 0.243 e. The summed E-state index contributed by atoms with van der Waals surface area (Å²) in [6, 6.07) is 11.5. The van der Waals surface area contributed by atoms with Gasteiger partial charge in [0.15, 0.2) is 11.5 Å². The van der Waals surface area contributed by atoms with E-state index in [1.54, 1.807) is 42.5 Å². The summed E-state index contributed by atoms with van der Waals surface area (Å²) in [4.78, 5) is 11.2. The Balaban J connectivity index is 1.77. The molecule has 0 N–H and O–H groups in total. The lowest BCUT2D eigenvalue weighted by Crippen LogP contribution is -2.40. The van der Waals surface area contributed by atoms with Crippen LogP contribution in [0, 0.1) is 0 Å². The number of morpholine rings is 1. The number of aldehydes is 1. The van der Waals surface area contributed by atoms with Crippen LogP contribution in [0.2, 0.25) is 0 Å². The zero-order valence-corrected chi connectivity index (χ0v) is 15.8. The third-order valence-corrected chi connectivity index (χ3v) is 6.12. The summed E-state index contributed by atoms with van der Waals surface area (Å²) in [5.41, 5.74) is 1.16. The van der Waals surface area contributed by atoms with E-state index in [-0.39, 0.29) is 11.5 Å². The molecule has 1 aliphatic heterocycles. The van der Waals surface area contributed by atoms with Crippen LogP contribution in [0.4, 0.5) is 0 Å². The zero-order chi connectivity index (χ0) is 19.3. The van der Waals surface area contributed by atoms with Crippen LogP contribution in [0.3, 0.4) is 0 Å². The number of hydrogen-bond acceptors (Lipinski definition) is 6. The molecule has 1 heterocycles. The summed E-state index contributed by atoms with van der Waals surface area (Å²) in [6.07, 6.45) is 0.724. The van der Waals surface area contributed by atoms with Crippen molar-refractivity contribution in [3.05, 3.63) is 53.6 Å². The fraction of sp³-hybridized carbons (Fsp3) is 0.316. The lowest BCUT2D eigenvalue weighted by atomic mass is 10.2. The van der Waals surface area contributed by atoms with Gasteiger partial charge in [-0.3, -0.25) is 4.79 Å². The second kappa shape index (κ2) is 8.51. The first kappa shape index (κ1) is 19.3. The van der Waals surface area contributed by atoms with E-state index >= 15 is 0 Å². The van der Waals surface area contributed by atoms with Crippen LogP contribution in [0.1, 0.15) is 15.9 Å². The second-order valence-corrected chi connectivity index (χ2v) is 7.92. The van der Waals surface area contributed by atoms with Gasteiger partial charge in [-0.05, 0) is 35.9 Å². The maximum Gasteiger partial charge on any atom is 0.243 e. The van der Waals surface area contributed by atoms with E-state index in [9.17, 15) is 13.2 Å². The van der Waals surface area contributed by atoms with Gasteiger partial charge >= 0.3 is 0 Å². The molecule has 0 amide bonds. The number of carbonyl (C=O) groups excluding carboxylic acids is 1. The van der Waals surface area contributed by atoms with Crippen molar-refractivity contribution in [2.24, 2.45) is 0 Å². The molecule has 3 rings (SSSR count). The highest BCUT2D eigenvalue weighted by molar-refractivity contribution is 7.89. The van der Waals surface area contributed by atoms with Gasteiger partial charge in [0, 0.05) is 18.7 Å². The molecule has 2 aromatic carbocycles. The molecule has 0 saturated carbocycles. The Hall–Kier alpha value is -2.42. The normalized spacial score (nSPS) is 15.3. The molecule has 144 valence electrons. The van der Waals surface area contributed by atoms with E-state index in [1.165, 1.54) is 11.4 Å². The van der Waals surface area contributed by atoms with E-state index in [4.69, 9.17) is 14.2 Å². The Morgan fingerprint density at radius 3 is 2.59 bits per heavy atom. The number of ether oxygens (including phenoxy) is 3. The maximum absolute atomic E-state index is 12.8. The highest BCUT2D eigenvalue weighted by atomic mass is 32.2. The van der Waals surface area contributed by atoms with E-state index in [0.717, 1.165) is 6.29 Å². The highest BCUT2D eigenvalue weighted by Gasteiger charge is 2.26. The molecule has 0 aromatic heterocycles. The van der Waals surface area contributed by atoms with Crippen LogP contribution >= 0.6 is 0 Å². The van der Waals surface area contributed by atoms with Crippen molar-refractivity contribution in [3.63, 3.8) is 0 Å². The van der Waals surface area contributed by atoms with Crippen LogP contribution in [-0.2, 0) is 21.4 Å². The molecule has 0 unspecified atom stereocenters. The van der Waals surface area contributed by atoms with Gasteiger partial charge in [-0.25, -0.2) is 8.42 Å². The molecule has 8 heteroatoms. The Kier molecular flexibility index (Phi) is 6.10. The van der Waals surface area contributed by atoms with Gasteiger partial charge in [0.1, 0.15) is 12.9 Å². The van der Waals surface area contributed by atoms with Crippen molar-refractivity contribution in [1.82, 2.24) is 4.31 Å². The minimum atomic E-state index is -3.56. The number of nitrogens with zero attached hydrogens (tertiary/aromatic N) is 1. The first-order valence-electron chi connectivity index (χ1n) is 8.47. The lowest BCUT2D eigenvalue weighted by Gasteiger charge is -2.26. The molecule has 0 spiro atoms. The number of benzene rings is 2. The van der Waals surface area contributed by atoms with Gasteiger partial charge in [-0.15, -0.1) is 0 Å². The standard InChI is InChI=1S/C19H21NO6S/c1-24-18-6-5-15(13-21)12-19(18)26-14-16-3-2-4-17(11-16)27(22,23)20-7-9-25-10-8-20/h2-6,11-13H,7-10,14H2,1H3. The first-order valence-corrected chi connectivity index (χ1v) is 9.91. The summed E-state index contributed by atoms with van der Waals surface area (Å²) >= 11 is 0. The highest BCUT2D eigenvalue weighted by Crippen LogP contribution is 2.28. The molecular weight excluding hydrogens is 370 g/mol. The minimum absolute atomic E-state index is 0.144. The van der Waals surface area contributed by atoms with Crippen LogP contribution < -0.4 is 9.47 Å². The van der Waals surface area contributed by atoms with Crippen molar-refractivity contribution in [1.29, 1.82) is 0 Å². The van der Waals surface area contributed by atoms with Gasteiger partial charge < -0.3 is 14.2 Å². The van der Waals surface area contributed by atoms with Gasteiger partial charge in [0.05, 0.1) is 25.2 Å². The average Bonchev–Trinajstić information content (AvgIpc) is 2.72. The number of carbonyl (C=O) groups is 1. The Labute approximate surface area is 158 Å². The summed E-state index contributed by atoms with van der Waals surface area (Å²) < 4.78 is 43.2. The molecule has 0 radical (unpaired) electrons. The number of rotatable bonds is 7. The van der Waals surface area contributed by atoms with Gasteiger partial charge in [0.25, 0.3) is 0 Å². The number of hydrogen-bond donors (Lipinski definition) is 0. The molecule has 0 atom stereocenters. The first-order chi connectivity index (χ1) is 13.0. The molecule has 1 saturated heterocycles. The Morgan fingerprint density at radius 2 is 1.89 bits per heavy atom. The molecule has 0 bridgehead atoms. The van der Waals surface area contributed by atoms with E-state index < -0.39 is 10.0 Å². The van der Waals surface area contributed by atoms with Crippen LogP contribution in [0.5, 0.6) is 11.5 Å². The molecule has 0 aliphatic carbocycles. The lowest BCUT2D eigenvalue weighted by molar-refractivity contribution is 0.0730. The van der Waals surface area contributed by atoms with Gasteiger partial charge in [-0.1, -0.05) is 12.1 Å².